The first-order valence-corrected chi connectivity index (χ1v) is 10.9. The van der Waals surface area contributed by atoms with E-state index in [-0.39, 0.29) is 11.3 Å². The van der Waals surface area contributed by atoms with Crippen LogP contribution in [0.2, 0.25) is 0 Å². The zero-order valence-corrected chi connectivity index (χ0v) is 18.8. The monoisotopic (exact) mass is 456 g/mol. The van der Waals surface area contributed by atoms with E-state index in [4.69, 9.17) is 18.6 Å². The Balaban J connectivity index is 1.65. The van der Waals surface area contributed by atoms with Crippen LogP contribution in [0.4, 0.5) is 0 Å². The number of nitrogens with zero attached hydrogens (tertiary/aromatic N) is 2. The van der Waals surface area contributed by atoms with Crippen molar-refractivity contribution < 1.29 is 33.3 Å². The molecule has 9 nitrogen and oxygen atoms in total. The number of morpholine rings is 1. The number of aliphatic hydroxyl groups excluding tert-OH is 1. The van der Waals surface area contributed by atoms with E-state index in [2.05, 4.69) is 4.90 Å². The molecule has 1 aromatic heterocycles. The summed E-state index contributed by atoms with van der Waals surface area (Å²) in [7, 11) is 2.99. The Bertz CT molecular complexity index is 1030. The zero-order chi connectivity index (χ0) is 23.4. The molecular weight excluding hydrogens is 428 g/mol. The molecule has 9 heteroatoms. The summed E-state index contributed by atoms with van der Waals surface area (Å²) < 4.78 is 21.5. The van der Waals surface area contributed by atoms with E-state index in [1.165, 1.54) is 25.4 Å². The maximum absolute atomic E-state index is 13.0. The molecule has 0 spiro atoms. The number of ether oxygens (including phenoxy) is 3. The largest absolute Gasteiger partial charge is 0.507 e. The fourth-order valence-electron chi connectivity index (χ4n) is 4.28. The number of carbonyl (C=O) groups excluding carboxylic acids is 2. The van der Waals surface area contributed by atoms with Gasteiger partial charge in [-0.1, -0.05) is 0 Å². The average molecular weight is 456 g/mol. The van der Waals surface area contributed by atoms with Gasteiger partial charge in [0.2, 0.25) is 0 Å². The van der Waals surface area contributed by atoms with Crippen LogP contribution in [0.25, 0.3) is 5.76 Å². The molecule has 4 rings (SSSR count). The van der Waals surface area contributed by atoms with Crippen LogP contribution >= 0.6 is 0 Å². The Labute approximate surface area is 192 Å². The number of methoxy groups -OCH3 is 2. The second-order valence-electron chi connectivity index (χ2n) is 7.89. The number of likely N-dealkylation sites (tertiary alicyclic amines) is 1. The lowest BCUT2D eigenvalue weighted by Crippen LogP contribution is -2.38. The van der Waals surface area contributed by atoms with Gasteiger partial charge in [0, 0.05) is 31.7 Å². The summed E-state index contributed by atoms with van der Waals surface area (Å²) >= 11 is 0. The van der Waals surface area contributed by atoms with Gasteiger partial charge in [0.05, 0.1) is 39.3 Å². The van der Waals surface area contributed by atoms with Crippen molar-refractivity contribution >= 4 is 17.4 Å². The standard InChI is InChI=1S/C24H28N2O7/c1-30-17-7-6-16(15-19(17)31-2)22(27)20-21(18-5-3-12-33-18)26(24(29)23(20)28)9-4-8-25-10-13-32-14-11-25/h3,5-7,12,15,21,27H,4,8-11,13-14H2,1-2H3/t21-/m0/s1. The Kier molecular flexibility index (Phi) is 7.00. The molecule has 3 heterocycles. The van der Waals surface area contributed by atoms with Gasteiger partial charge in [-0.25, -0.2) is 0 Å². The molecule has 1 atom stereocenters. The molecule has 2 aliphatic rings. The van der Waals surface area contributed by atoms with E-state index in [9.17, 15) is 14.7 Å². The van der Waals surface area contributed by atoms with Crippen molar-refractivity contribution in [1.82, 2.24) is 9.80 Å². The Hall–Kier alpha value is -3.30. The quantitative estimate of drug-likeness (QED) is 0.367. The van der Waals surface area contributed by atoms with E-state index in [0.29, 0.717) is 49.0 Å². The number of benzene rings is 1. The number of ketones is 1. The van der Waals surface area contributed by atoms with Gasteiger partial charge in [-0.05, 0) is 36.8 Å². The molecule has 176 valence electrons. The summed E-state index contributed by atoms with van der Waals surface area (Å²) in [6.07, 6.45) is 2.17. The summed E-state index contributed by atoms with van der Waals surface area (Å²) in [6, 6.07) is 7.40. The third kappa shape index (κ3) is 4.60. The van der Waals surface area contributed by atoms with E-state index in [1.807, 2.05) is 0 Å². The van der Waals surface area contributed by atoms with Crippen LogP contribution in [0.15, 0.2) is 46.6 Å². The Morgan fingerprint density at radius 1 is 1.09 bits per heavy atom. The van der Waals surface area contributed by atoms with Crippen LogP contribution < -0.4 is 9.47 Å². The average Bonchev–Trinajstić information content (AvgIpc) is 3.46. The molecule has 1 aromatic carbocycles. The van der Waals surface area contributed by atoms with Gasteiger partial charge in [-0.15, -0.1) is 0 Å². The smallest absolute Gasteiger partial charge is 0.295 e. The van der Waals surface area contributed by atoms with Crippen molar-refractivity contribution in [3.63, 3.8) is 0 Å². The molecule has 2 aromatic rings. The molecule has 0 saturated carbocycles. The molecule has 0 unspecified atom stereocenters. The van der Waals surface area contributed by atoms with Crippen molar-refractivity contribution in [3.05, 3.63) is 53.5 Å². The van der Waals surface area contributed by atoms with Gasteiger partial charge in [0.25, 0.3) is 11.7 Å². The first-order chi connectivity index (χ1) is 16.0. The third-order valence-corrected chi connectivity index (χ3v) is 5.99. The van der Waals surface area contributed by atoms with Crippen molar-refractivity contribution in [2.45, 2.75) is 12.5 Å². The Morgan fingerprint density at radius 2 is 1.85 bits per heavy atom. The molecule has 1 N–H and O–H groups in total. The van der Waals surface area contributed by atoms with Crippen molar-refractivity contribution in [2.24, 2.45) is 0 Å². The molecule has 0 radical (unpaired) electrons. The van der Waals surface area contributed by atoms with Gasteiger partial charge in [-0.2, -0.15) is 0 Å². The number of rotatable bonds is 8. The highest BCUT2D eigenvalue weighted by molar-refractivity contribution is 6.46. The highest BCUT2D eigenvalue weighted by Crippen LogP contribution is 2.40. The summed E-state index contributed by atoms with van der Waals surface area (Å²) in [4.78, 5) is 29.8. The maximum Gasteiger partial charge on any atom is 0.295 e. The number of hydrogen-bond acceptors (Lipinski definition) is 8. The lowest BCUT2D eigenvalue weighted by Gasteiger charge is -2.28. The molecule has 1 amide bonds. The zero-order valence-electron chi connectivity index (χ0n) is 18.8. The molecule has 2 aliphatic heterocycles. The number of aliphatic hydroxyl groups is 1. The van der Waals surface area contributed by atoms with Gasteiger partial charge in [0.15, 0.2) is 11.5 Å². The van der Waals surface area contributed by atoms with Crippen LogP contribution in [0.1, 0.15) is 23.8 Å². The minimum Gasteiger partial charge on any atom is -0.507 e. The van der Waals surface area contributed by atoms with Gasteiger partial charge in [-0.3, -0.25) is 14.5 Å². The Morgan fingerprint density at radius 3 is 2.52 bits per heavy atom. The molecule has 2 fully saturated rings. The molecular formula is C24H28N2O7. The molecule has 0 aliphatic carbocycles. The van der Waals surface area contributed by atoms with E-state index in [0.717, 1.165) is 19.6 Å². The highest BCUT2D eigenvalue weighted by atomic mass is 16.5. The van der Waals surface area contributed by atoms with Crippen LogP contribution in [0, 0.1) is 0 Å². The second kappa shape index (κ2) is 10.1. The first kappa shape index (κ1) is 22.9. The number of Topliss-reactive ketones (excluding diaryl/α,β-unsaturated/α-hetero) is 1. The lowest BCUT2D eigenvalue weighted by molar-refractivity contribution is -0.140. The lowest BCUT2D eigenvalue weighted by atomic mass is 9.99. The van der Waals surface area contributed by atoms with Gasteiger partial charge < -0.3 is 28.6 Å². The number of hydrogen-bond donors (Lipinski definition) is 1. The van der Waals surface area contributed by atoms with Crippen LogP contribution in [-0.4, -0.2) is 80.2 Å². The maximum atomic E-state index is 13.0. The normalized spacial score (nSPS) is 20.9. The number of furan rings is 1. The van der Waals surface area contributed by atoms with Crippen molar-refractivity contribution in [1.29, 1.82) is 0 Å². The summed E-state index contributed by atoms with van der Waals surface area (Å²) in [5, 5.41) is 11.1. The van der Waals surface area contributed by atoms with Crippen LogP contribution in [0.5, 0.6) is 11.5 Å². The summed E-state index contributed by atoms with van der Waals surface area (Å²) in [5.74, 6) is -0.375. The summed E-state index contributed by atoms with van der Waals surface area (Å²) in [5.41, 5.74) is 0.337. The molecule has 0 bridgehead atoms. The fourth-order valence-corrected chi connectivity index (χ4v) is 4.28. The van der Waals surface area contributed by atoms with Gasteiger partial charge >= 0.3 is 0 Å². The van der Waals surface area contributed by atoms with E-state index < -0.39 is 17.7 Å². The number of carbonyl (C=O) groups is 2. The van der Waals surface area contributed by atoms with Crippen molar-refractivity contribution in [2.75, 3.05) is 53.6 Å². The summed E-state index contributed by atoms with van der Waals surface area (Å²) in [6.45, 7) is 4.23. The fraction of sp³-hybridized carbons (Fsp3) is 0.417. The topological polar surface area (TPSA) is 102 Å². The SMILES string of the molecule is COc1ccc(C(O)=C2C(=O)C(=O)N(CCCN3CCOCC3)[C@H]2c2ccco2)cc1OC. The minimum absolute atomic E-state index is 0.00598. The molecule has 33 heavy (non-hydrogen) atoms. The molecule has 2 saturated heterocycles. The second-order valence-corrected chi connectivity index (χ2v) is 7.89. The van der Waals surface area contributed by atoms with Crippen LogP contribution in [0.3, 0.4) is 0 Å². The van der Waals surface area contributed by atoms with Crippen LogP contribution in [-0.2, 0) is 14.3 Å². The predicted molar refractivity (Wildman–Crippen MR) is 119 cm³/mol. The van der Waals surface area contributed by atoms with Crippen molar-refractivity contribution in [3.8, 4) is 11.5 Å². The van der Waals surface area contributed by atoms with Gasteiger partial charge in [0.1, 0.15) is 17.6 Å². The predicted octanol–water partition coefficient (Wildman–Crippen LogP) is 2.44. The minimum atomic E-state index is -0.808. The highest BCUT2D eigenvalue weighted by Gasteiger charge is 2.47. The number of amides is 1. The third-order valence-electron chi connectivity index (χ3n) is 5.99. The first-order valence-electron chi connectivity index (χ1n) is 10.9. The van der Waals surface area contributed by atoms with E-state index >= 15 is 0 Å². The van der Waals surface area contributed by atoms with E-state index in [1.54, 1.807) is 30.3 Å².